The number of nitrogens with zero attached hydrogens (tertiary/aromatic N) is 1. The molecule has 0 N–H and O–H groups in total. The fraction of sp³-hybridized carbons (Fsp3) is 0.316. The number of carbonyl (C=O) groups excluding carboxylic acids is 1. The molecule has 0 aliphatic rings. The molecule has 5 heteroatoms. The summed E-state index contributed by atoms with van der Waals surface area (Å²) in [5, 5.41) is 1.90. The summed E-state index contributed by atoms with van der Waals surface area (Å²) in [6, 6.07) is 13.0. The zero-order valence-corrected chi connectivity index (χ0v) is 16.0. The maximum atomic E-state index is 12.5. The van der Waals surface area contributed by atoms with Crippen LogP contribution in [0.4, 0.5) is 0 Å². The lowest BCUT2D eigenvalue weighted by Gasteiger charge is -2.25. The number of hydrogen-bond donors (Lipinski definition) is 0. The molecule has 128 valence electrons. The van der Waals surface area contributed by atoms with Crippen molar-refractivity contribution in [2.75, 3.05) is 6.54 Å². The smallest absolute Gasteiger partial charge is 0.225 e. The Morgan fingerprint density at radius 2 is 1.71 bits per heavy atom. The van der Waals surface area contributed by atoms with Crippen molar-refractivity contribution in [2.24, 2.45) is 5.92 Å². The molecule has 0 saturated carbocycles. The van der Waals surface area contributed by atoms with E-state index in [-0.39, 0.29) is 11.8 Å². The zero-order chi connectivity index (χ0) is 17.7. The van der Waals surface area contributed by atoms with Gasteiger partial charge >= 0.3 is 0 Å². The Morgan fingerprint density at radius 3 is 2.33 bits per heavy atom. The lowest BCUT2D eigenvalue weighted by molar-refractivity contribution is -0.135. The van der Waals surface area contributed by atoms with E-state index in [9.17, 15) is 4.79 Å². The molecule has 24 heavy (non-hydrogen) atoms. The van der Waals surface area contributed by atoms with Crippen LogP contribution in [0.5, 0.6) is 0 Å². The van der Waals surface area contributed by atoms with Gasteiger partial charge in [0.15, 0.2) is 0 Å². The highest BCUT2D eigenvalue weighted by Gasteiger charge is 2.18. The highest BCUT2D eigenvalue weighted by molar-refractivity contribution is 6.35. The molecular formula is C19H20Cl3NO. The molecule has 0 spiro atoms. The second-order valence-electron chi connectivity index (χ2n) is 5.99. The van der Waals surface area contributed by atoms with Gasteiger partial charge in [0.25, 0.3) is 0 Å². The Bertz CT molecular complexity index is 716. The second kappa shape index (κ2) is 8.75. The lowest BCUT2D eigenvalue weighted by Crippen LogP contribution is -2.35. The average Bonchev–Trinajstić information content (AvgIpc) is 2.53. The molecular weight excluding hydrogens is 365 g/mol. The first kappa shape index (κ1) is 19.1. The fourth-order valence-electron chi connectivity index (χ4n) is 2.44. The van der Waals surface area contributed by atoms with Crippen molar-refractivity contribution in [3.8, 4) is 0 Å². The van der Waals surface area contributed by atoms with E-state index in [1.165, 1.54) is 0 Å². The van der Waals surface area contributed by atoms with Crippen LogP contribution < -0.4 is 0 Å². The molecule has 2 aromatic carbocycles. The topological polar surface area (TPSA) is 20.3 Å². The Hall–Kier alpha value is -1.22. The Kier molecular flexibility index (Phi) is 6.97. The van der Waals surface area contributed by atoms with E-state index < -0.39 is 0 Å². The highest BCUT2D eigenvalue weighted by atomic mass is 35.5. The summed E-state index contributed by atoms with van der Waals surface area (Å²) < 4.78 is 0. The number of amides is 1. The summed E-state index contributed by atoms with van der Waals surface area (Å²) in [7, 11) is 0. The van der Waals surface area contributed by atoms with Crippen LogP contribution in [0.3, 0.4) is 0 Å². The standard InChI is InChI=1S/C19H20Cl3NO/c1-13(2)19(24)23(12-15-5-3-4-6-17(15)21)10-9-14-7-8-16(20)11-18(14)22/h3-8,11,13H,9-10,12H2,1-2H3. The third kappa shape index (κ3) is 5.14. The van der Waals surface area contributed by atoms with Gasteiger partial charge in [0.1, 0.15) is 0 Å². The van der Waals surface area contributed by atoms with Gasteiger partial charge in [0, 0.05) is 34.1 Å². The van der Waals surface area contributed by atoms with Gasteiger partial charge in [-0.25, -0.2) is 0 Å². The molecule has 0 unspecified atom stereocenters. The molecule has 0 radical (unpaired) electrons. The van der Waals surface area contributed by atoms with E-state index in [1.807, 2.05) is 55.1 Å². The summed E-state index contributed by atoms with van der Waals surface area (Å²) in [6.07, 6.45) is 0.666. The van der Waals surface area contributed by atoms with Crippen LogP contribution in [-0.2, 0) is 17.8 Å². The molecule has 0 atom stereocenters. The zero-order valence-electron chi connectivity index (χ0n) is 13.7. The van der Waals surface area contributed by atoms with Crippen molar-refractivity contribution in [3.63, 3.8) is 0 Å². The SMILES string of the molecule is CC(C)C(=O)N(CCc1ccc(Cl)cc1Cl)Cc1ccccc1Cl. The molecule has 2 nitrogen and oxygen atoms in total. The van der Waals surface area contributed by atoms with E-state index in [0.29, 0.717) is 34.6 Å². The summed E-state index contributed by atoms with van der Waals surface area (Å²) in [5.41, 5.74) is 1.91. The molecule has 0 aliphatic carbocycles. The predicted molar refractivity (Wildman–Crippen MR) is 102 cm³/mol. The molecule has 2 aromatic rings. The van der Waals surface area contributed by atoms with Crippen LogP contribution in [0.15, 0.2) is 42.5 Å². The van der Waals surface area contributed by atoms with E-state index in [1.54, 1.807) is 6.07 Å². The van der Waals surface area contributed by atoms with Crippen LogP contribution in [-0.4, -0.2) is 17.4 Å². The van der Waals surface area contributed by atoms with Crippen molar-refractivity contribution in [1.82, 2.24) is 4.90 Å². The number of rotatable bonds is 6. The first-order valence-corrected chi connectivity index (χ1v) is 8.98. The maximum Gasteiger partial charge on any atom is 0.225 e. The summed E-state index contributed by atoms with van der Waals surface area (Å²) >= 11 is 18.4. The summed E-state index contributed by atoms with van der Waals surface area (Å²) in [6.45, 7) is 4.86. The number of halogens is 3. The van der Waals surface area contributed by atoms with Crippen LogP contribution in [0.25, 0.3) is 0 Å². The molecule has 0 heterocycles. The van der Waals surface area contributed by atoms with Gasteiger partial charge in [-0.2, -0.15) is 0 Å². The Morgan fingerprint density at radius 1 is 1.00 bits per heavy atom. The predicted octanol–water partition coefficient (Wildman–Crippen LogP) is 5.87. The van der Waals surface area contributed by atoms with Gasteiger partial charge in [-0.15, -0.1) is 0 Å². The quantitative estimate of drug-likeness (QED) is 0.609. The lowest BCUT2D eigenvalue weighted by atomic mass is 10.1. The first-order chi connectivity index (χ1) is 11.4. The van der Waals surface area contributed by atoms with Crippen LogP contribution >= 0.6 is 34.8 Å². The van der Waals surface area contributed by atoms with Crippen LogP contribution in [0, 0.1) is 5.92 Å². The second-order valence-corrected chi connectivity index (χ2v) is 7.24. The summed E-state index contributed by atoms with van der Waals surface area (Å²) in [4.78, 5) is 14.4. The first-order valence-electron chi connectivity index (χ1n) is 7.84. The van der Waals surface area contributed by atoms with Crippen molar-refractivity contribution < 1.29 is 4.79 Å². The minimum Gasteiger partial charge on any atom is -0.338 e. The maximum absolute atomic E-state index is 12.5. The normalized spacial score (nSPS) is 10.9. The molecule has 1 amide bonds. The van der Waals surface area contributed by atoms with Crippen molar-refractivity contribution >= 4 is 40.7 Å². The van der Waals surface area contributed by atoms with Crippen molar-refractivity contribution in [1.29, 1.82) is 0 Å². The highest BCUT2D eigenvalue weighted by Crippen LogP contribution is 2.23. The summed E-state index contributed by atoms with van der Waals surface area (Å²) in [5.74, 6) is 0.0215. The number of benzene rings is 2. The largest absolute Gasteiger partial charge is 0.338 e. The molecule has 0 aromatic heterocycles. The van der Waals surface area contributed by atoms with Crippen LogP contribution in [0.2, 0.25) is 15.1 Å². The van der Waals surface area contributed by atoms with E-state index in [4.69, 9.17) is 34.8 Å². The third-order valence-electron chi connectivity index (χ3n) is 3.79. The minimum absolute atomic E-state index is 0.0758. The van der Waals surface area contributed by atoms with Gasteiger partial charge in [0.2, 0.25) is 5.91 Å². The average molecular weight is 385 g/mol. The number of hydrogen-bond acceptors (Lipinski definition) is 1. The fourth-order valence-corrected chi connectivity index (χ4v) is 3.14. The van der Waals surface area contributed by atoms with Gasteiger partial charge in [0.05, 0.1) is 0 Å². The van der Waals surface area contributed by atoms with Gasteiger partial charge in [-0.1, -0.05) is 72.9 Å². The molecule has 0 aliphatic heterocycles. The van der Waals surface area contributed by atoms with Crippen molar-refractivity contribution in [3.05, 3.63) is 68.7 Å². The molecule has 0 saturated heterocycles. The molecule has 0 fully saturated rings. The molecule has 2 rings (SSSR count). The minimum atomic E-state index is -0.0758. The van der Waals surface area contributed by atoms with Crippen LogP contribution in [0.1, 0.15) is 25.0 Å². The Labute approximate surface area is 158 Å². The van der Waals surface area contributed by atoms with E-state index in [2.05, 4.69) is 0 Å². The van der Waals surface area contributed by atoms with Gasteiger partial charge in [-0.05, 0) is 35.7 Å². The molecule has 0 bridgehead atoms. The Balaban J connectivity index is 2.14. The van der Waals surface area contributed by atoms with E-state index in [0.717, 1.165) is 11.1 Å². The van der Waals surface area contributed by atoms with Gasteiger partial charge in [-0.3, -0.25) is 4.79 Å². The third-order valence-corrected chi connectivity index (χ3v) is 4.75. The van der Waals surface area contributed by atoms with Crippen molar-refractivity contribution in [2.45, 2.75) is 26.8 Å². The van der Waals surface area contributed by atoms with E-state index >= 15 is 0 Å². The number of carbonyl (C=O) groups is 1. The van der Waals surface area contributed by atoms with Gasteiger partial charge < -0.3 is 4.90 Å². The monoisotopic (exact) mass is 383 g/mol.